The number of carbonyl (C=O) groups excluding carboxylic acids is 3. The van der Waals surface area contributed by atoms with E-state index in [1.54, 1.807) is 0 Å². The molecule has 1 spiro atoms. The van der Waals surface area contributed by atoms with Crippen molar-refractivity contribution in [2.24, 2.45) is 28.6 Å². The van der Waals surface area contributed by atoms with Gasteiger partial charge < -0.3 is 19.3 Å². The molecule has 4 heterocycles. The van der Waals surface area contributed by atoms with E-state index in [1.807, 2.05) is 22.8 Å². The van der Waals surface area contributed by atoms with E-state index in [0.29, 0.717) is 68.5 Å². The fourth-order valence-electron chi connectivity index (χ4n) is 10.4. The van der Waals surface area contributed by atoms with Crippen LogP contribution in [0.5, 0.6) is 0 Å². The van der Waals surface area contributed by atoms with E-state index in [0.717, 1.165) is 24.9 Å². The monoisotopic (exact) mass is 593 g/mol. The molecule has 1 aromatic carbocycles. The Bertz CT molecular complexity index is 1370. The van der Waals surface area contributed by atoms with Crippen LogP contribution in [0, 0.1) is 38.7 Å². The van der Waals surface area contributed by atoms with Crippen LogP contribution < -0.4 is 15.1 Å². The number of hydrogen-bond donors (Lipinski definition) is 1. The quantitative estimate of drug-likeness (QED) is 0.318. The lowest BCUT2D eigenvalue weighted by atomic mass is 9.47. The first-order valence-electron chi connectivity index (χ1n) is 15.9. The van der Waals surface area contributed by atoms with Crippen LogP contribution in [0.15, 0.2) is 12.1 Å². The number of ether oxygens (including phenoxy) is 2. The van der Waals surface area contributed by atoms with Crippen LogP contribution in [0.25, 0.3) is 0 Å². The fraction of sp³-hybridized carbons (Fsp3) is 0.710. The van der Waals surface area contributed by atoms with Crippen molar-refractivity contribution in [1.82, 2.24) is 10.2 Å². The second kappa shape index (κ2) is 9.62. The minimum Gasteiger partial charge on any atom is -0.378 e. The molecule has 4 bridgehead atoms. The molecule has 4 amide bonds. The SMILES string of the molecule is CC(N1C(=O)NC(=O)C2(Cc3cc([N+](=O)[O-])c(N4CCOCC4)cc3N3CCOCC32)C1=O)C12CC3CC(CC(C3)C1)C2. The molecule has 3 unspecified atom stereocenters. The predicted molar refractivity (Wildman–Crippen MR) is 155 cm³/mol. The summed E-state index contributed by atoms with van der Waals surface area (Å²) in [5, 5.41) is 14.9. The summed E-state index contributed by atoms with van der Waals surface area (Å²) in [6.45, 7) is 5.02. The highest BCUT2D eigenvalue weighted by molar-refractivity contribution is 6.20. The maximum absolute atomic E-state index is 14.9. The summed E-state index contributed by atoms with van der Waals surface area (Å²) in [6.07, 6.45) is 6.72. The van der Waals surface area contributed by atoms with Gasteiger partial charge in [0.25, 0.3) is 5.69 Å². The van der Waals surface area contributed by atoms with Gasteiger partial charge >= 0.3 is 6.03 Å². The Labute approximate surface area is 250 Å². The van der Waals surface area contributed by atoms with Crippen LogP contribution in [0.3, 0.4) is 0 Å². The topological polar surface area (TPSA) is 135 Å². The number of anilines is 2. The van der Waals surface area contributed by atoms with E-state index in [2.05, 4.69) is 5.32 Å². The molecule has 4 aliphatic heterocycles. The van der Waals surface area contributed by atoms with E-state index in [9.17, 15) is 24.5 Å². The zero-order valence-corrected chi connectivity index (χ0v) is 24.6. The molecule has 9 rings (SSSR count). The third kappa shape index (κ3) is 3.91. The number of nitro groups is 1. The minimum atomic E-state index is -1.63. The Morgan fingerprint density at radius 1 is 0.953 bits per heavy atom. The molecule has 8 aliphatic rings. The third-order valence-corrected chi connectivity index (χ3v) is 12.0. The molecule has 0 radical (unpaired) electrons. The number of fused-ring (bicyclic) bond motifs is 4. The maximum atomic E-state index is 14.9. The van der Waals surface area contributed by atoms with Crippen LogP contribution in [0.4, 0.5) is 21.9 Å². The van der Waals surface area contributed by atoms with E-state index >= 15 is 0 Å². The number of carbonyl (C=O) groups is 3. The largest absolute Gasteiger partial charge is 0.378 e. The Morgan fingerprint density at radius 3 is 2.26 bits per heavy atom. The molecule has 7 fully saturated rings. The number of nitro benzene ring substituents is 1. The molecule has 3 atom stereocenters. The van der Waals surface area contributed by atoms with Crippen molar-refractivity contribution in [2.45, 2.75) is 64.0 Å². The van der Waals surface area contributed by atoms with Gasteiger partial charge in [-0.15, -0.1) is 0 Å². The van der Waals surface area contributed by atoms with Crippen molar-refractivity contribution >= 4 is 34.9 Å². The van der Waals surface area contributed by atoms with E-state index in [1.165, 1.54) is 30.2 Å². The van der Waals surface area contributed by atoms with Crippen LogP contribution in [0.2, 0.25) is 0 Å². The lowest BCUT2D eigenvalue weighted by molar-refractivity contribution is -0.384. The van der Waals surface area contributed by atoms with Gasteiger partial charge in [0.2, 0.25) is 11.8 Å². The smallest absolute Gasteiger partial charge is 0.331 e. The molecular weight excluding hydrogens is 554 g/mol. The molecule has 1 N–H and O–H groups in total. The van der Waals surface area contributed by atoms with Gasteiger partial charge in [-0.2, -0.15) is 0 Å². The summed E-state index contributed by atoms with van der Waals surface area (Å²) in [7, 11) is 0. The molecule has 4 saturated carbocycles. The summed E-state index contributed by atoms with van der Waals surface area (Å²) in [4.78, 5) is 59.7. The van der Waals surface area contributed by atoms with Crippen molar-refractivity contribution in [3.05, 3.63) is 27.8 Å². The first kappa shape index (κ1) is 27.3. The molecule has 4 aliphatic carbocycles. The average molecular weight is 594 g/mol. The highest BCUT2D eigenvalue weighted by Gasteiger charge is 2.65. The summed E-state index contributed by atoms with van der Waals surface area (Å²) in [6, 6.07) is 1.75. The van der Waals surface area contributed by atoms with Crippen LogP contribution in [0.1, 0.15) is 51.0 Å². The van der Waals surface area contributed by atoms with Gasteiger partial charge in [0.15, 0.2) is 5.41 Å². The van der Waals surface area contributed by atoms with Crippen LogP contribution >= 0.6 is 0 Å². The second-order valence-electron chi connectivity index (χ2n) is 14.1. The lowest BCUT2D eigenvalue weighted by Crippen LogP contribution is -2.76. The Morgan fingerprint density at radius 2 is 1.60 bits per heavy atom. The first-order chi connectivity index (χ1) is 20.7. The number of urea groups is 1. The Balaban J connectivity index is 1.21. The van der Waals surface area contributed by atoms with Gasteiger partial charge in [-0.3, -0.25) is 29.9 Å². The summed E-state index contributed by atoms with van der Waals surface area (Å²) in [5.41, 5.74) is 0.0452. The number of rotatable bonds is 4. The third-order valence-electron chi connectivity index (χ3n) is 12.0. The Kier molecular flexibility index (Phi) is 6.11. The second-order valence-corrected chi connectivity index (χ2v) is 14.1. The van der Waals surface area contributed by atoms with E-state index in [-0.39, 0.29) is 30.2 Å². The molecule has 12 nitrogen and oxygen atoms in total. The average Bonchev–Trinajstić information content (AvgIpc) is 2.99. The number of barbiturate groups is 1. The number of imide groups is 2. The number of nitrogens with one attached hydrogen (secondary N) is 1. The molecular formula is C31H39N5O7. The zero-order chi connectivity index (χ0) is 29.7. The van der Waals surface area contributed by atoms with Crippen molar-refractivity contribution < 1.29 is 28.8 Å². The minimum absolute atomic E-state index is 0.0286. The van der Waals surface area contributed by atoms with Gasteiger partial charge in [-0.1, -0.05) is 0 Å². The number of benzene rings is 1. The van der Waals surface area contributed by atoms with Crippen LogP contribution in [-0.4, -0.2) is 85.8 Å². The summed E-state index contributed by atoms with van der Waals surface area (Å²) >= 11 is 0. The molecule has 3 saturated heterocycles. The van der Waals surface area contributed by atoms with Crippen LogP contribution in [-0.2, 0) is 25.5 Å². The van der Waals surface area contributed by atoms with Gasteiger partial charge in [-0.25, -0.2) is 4.79 Å². The predicted octanol–water partition coefficient (Wildman–Crippen LogP) is 2.86. The molecule has 12 heteroatoms. The van der Waals surface area contributed by atoms with Crippen molar-refractivity contribution in [2.75, 3.05) is 55.9 Å². The lowest BCUT2D eigenvalue weighted by Gasteiger charge is -2.61. The van der Waals surface area contributed by atoms with Crippen molar-refractivity contribution in [1.29, 1.82) is 0 Å². The van der Waals surface area contributed by atoms with Crippen molar-refractivity contribution in [3.8, 4) is 0 Å². The fourth-order valence-corrected chi connectivity index (χ4v) is 10.4. The highest BCUT2D eigenvalue weighted by Crippen LogP contribution is 2.62. The summed E-state index contributed by atoms with van der Waals surface area (Å²) in [5.74, 6) is 0.782. The van der Waals surface area contributed by atoms with Crippen molar-refractivity contribution in [3.63, 3.8) is 0 Å². The number of amides is 4. The van der Waals surface area contributed by atoms with E-state index in [4.69, 9.17) is 9.47 Å². The molecule has 1 aromatic rings. The van der Waals surface area contributed by atoms with E-state index < -0.39 is 34.2 Å². The molecule has 43 heavy (non-hydrogen) atoms. The Hall–Kier alpha value is -3.25. The van der Waals surface area contributed by atoms with Gasteiger partial charge in [0, 0.05) is 43.9 Å². The molecule has 230 valence electrons. The maximum Gasteiger partial charge on any atom is 0.331 e. The first-order valence-corrected chi connectivity index (χ1v) is 15.9. The zero-order valence-electron chi connectivity index (χ0n) is 24.6. The summed E-state index contributed by atoms with van der Waals surface area (Å²) < 4.78 is 11.4. The number of hydrogen-bond acceptors (Lipinski definition) is 9. The normalized spacial score (nSPS) is 37.3. The van der Waals surface area contributed by atoms with Gasteiger partial charge in [-0.05, 0) is 80.2 Å². The van der Waals surface area contributed by atoms with Gasteiger partial charge in [0.05, 0.1) is 37.4 Å². The number of nitrogens with zero attached hydrogens (tertiary/aromatic N) is 4. The highest BCUT2D eigenvalue weighted by atomic mass is 16.6. The van der Waals surface area contributed by atoms with Gasteiger partial charge in [0.1, 0.15) is 5.69 Å². The number of morpholine rings is 2. The standard InChI is InChI=1S/C31H39N5O7/c1-18(30-13-19-8-20(14-30)10-21(9-19)15-30)35-28(38)31(27(37)32-29(35)39)16-22-11-25(36(40)41)24(33-2-5-42-6-3-33)12-23(22)34-4-7-43-17-26(31)34/h11-12,18-21,26H,2-10,13-17H2,1H3,(H,32,37,39). The molecule has 0 aromatic heterocycles.